The summed E-state index contributed by atoms with van der Waals surface area (Å²) >= 11 is 0. The van der Waals surface area contributed by atoms with Gasteiger partial charge in [0.1, 0.15) is 25.6 Å². The van der Waals surface area contributed by atoms with Crippen LogP contribution in [0.1, 0.15) is 30.9 Å². The maximum Gasteiger partial charge on any atom is 0.337 e. The normalized spacial score (nSPS) is 13.2. The van der Waals surface area contributed by atoms with Crippen LogP contribution in [0.2, 0.25) is 0 Å². The van der Waals surface area contributed by atoms with Gasteiger partial charge < -0.3 is 19.5 Å². The van der Waals surface area contributed by atoms with Crippen LogP contribution >= 0.6 is 0 Å². The Kier molecular flexibility index (Phi) is 9.74. The summed E-state index contributed by atoms with van der Waals surface area (Å²) in [4.78, 5) is 27.2. The number of allylic oxidation sites excluding steroid dienone is 2. The molecule has 0 saturated heterocycles. The highest BCUT2D eigenvalue weighted by Gasteiger charge is 2.40. The van der Waals surface area contributed by atoms with Crippen molar-refractivity contribution in [1.29, 1.82) is 0 Å². The molecule has 45 heavy (non-hydrogen) atoms. The number of hydrogen-bond donors (Lipinski definition) is 1. The average Bonchev–Trinajstić information content (AvgIpc) is 3.51. The molecule has 3 aromatic carbocycles. The lowest BCUT2D eigenvalue weighted by Gasteiger charge is -2.30. The van der Waals surface area contributed by atoms with E-state index in [1.165, 1.54) is 12.2 Å². The molecule has 2 heterocycles. The number of aromatic nitrogens is 2. The van der Waals surface area contributed by atoms with E-state index >= 15 is 0 Å². The predicted octanol–water partition coefficient (Wildman–Crippen LogP) is 6.81. The van der Waals surface area contributed by atoms with Crippen molar-refractivity contribution >= 4 is 11.9 Å². The Bertz CT molecular complexity index is 1710. The summed E-state index contributed by atoms with van der Waals surface area (Å²) in [7, 11) is 0. The van der Waals surface area contributed by atoms with Crippen molar-refractivity contribution in [3.63, 3.8) is 0 Å². The van der Waals surface area contributed by atoms with Gasteiger partial charge in [-0.25, -0.2) is 14.3 Å². The van der Waals surface area contributed by atoms with Crippen LogP contribution in [0.4, 0.5) is 0 Å². The molecule has 0 spiro atoms. The van der Waals surface area contributed by atoms with Gasteiger partial charge in [0, 0.05) is 28.7 Å². The number of dihydropyridines is 1. The number of rotatable bonds is 12. The van der Waals surface area contributed by atoms with Crippen molar-refractivity contribution in [3.8, 4) is 22.7 Å². The van der Waals surface area contributed by atoms with E-state index in [0.717, 1.165) is 16.8 Å². The molecule has 1 aliphatic rings. The highest BCUT2D eigenvalue weighted by Crippen LogP contribution is 2.43. The first-order valence-corrected chi connectivity index (χ1v) is 14.6. The van der Waals surface area contributed by atoms with E-state index in [1.807, 2.05) is 91.1 Å². The Morgan fingerprint density at radius 1 is 0.822 bits per heavy atom. The average molecular weight is 602 g/mol. The fourth-order valence-electron chi connectivity index (χ4n) is 5.26. The van der Waals surface area contributed by atoms with Crippen molar-refractivity contribution in [3.05, 3.63) is 150 Å². The zero-order valence-corrected chi connectivity index (χ0v) is 25.4. The minimum Gasteiger partial charge on any atom is -0.489 e. The van der Waals surface area contributed by atoms with Crippen LogP contribution in [0, 0.1) is 0 Å². The molecular formula is C37H35N3O5. The van der Waals surface area contributed by atoms with Gasteiger partial charge in [-0.2, -0.15) is 5.10 Å². The molecule has 1 aromatic heterocycles. The minimum atomic E-state index is -0.845. The fourth-order valence-corrected chi connectivity index (χ4v) is 5.26. The standard InChI is InChI=1S/C37H35N3O5/c1-5-21-43-36(41)32-25(3)38-26(4)33(37(42)44-22-6-2)34(32)31-23-40(29-15-11-8-12-16-29)39-35(31)28-17-19-30(20-18-28)45-24-27-13-9-7-10-14-27/h5-20,23,34,38H,1-2,21-22,24H2,3-4H3. The molecule has 1 aliphatic heterocycles. The first-order valence-electron chi connectivity index (χ1n) is 14.6. The molecule has 0 aliphatic carbocycles. The molecule has 8 nitrogen and oxygen atoms in total. The Hall–Kier alpha value is -5.63. The molecule has 0 amide bonds. The first-order chi connectivity index (χ1) is 21.9. The number of benzene rings is 3. The Morgan fingerprint density at radius 3 is 1.93 bits per heavy atom. The number of nitrogens with zero attached hydrogens (tertiary/aromatic N) is 2. The van der Waals surface area contributed by atoms with Gasteiger partial charge >= 0.3 is 11.9 Å². The van der Waals surface area contributed by atoms with Gasteiger partial charge in [0.15, 0.2) is 0 Å². The van der Waals surface area contributed by atoms with Crippen molar-refractivity contribution in [2.45, 2.75) is 26.4 Å². The second-order valence-corrected chi connectivity index (χ2v) is 10.4. The van der Waals surface area contributed by atoms with Crippen LogP contribution in [0.3, 0.4) is 0 Å². The molecule has 0 unspecified atom stereocenters. The second-order valence-electron chi connectivity index (χ2n) is 10.4. The molecule has 0 saturated carbocycles. The molecular weight excluding hydrogens is 566 g/mol. The number of hydrogen-bond acceptors (Lipinski definition) is 7. The number of carbonyl (C=O) groups excluding carboxylic acids is 2. The van der Waals surface area contributed by atoms with Crippen LogP contribution in [-0.4, -0.2) is 34.9 Å². The zero-order chi connectivity index (χ0) is 31.8. The third kappa shape index (κ3) is 6.96. The van der Waals surface area contributed by atoms with E-state index in [4.69, 9.17) is 19.3 Å². The van der Waals surface area contributed by atoms with E-state index in [-0.39, 0.29) is 24.4 Å². The van der Waals surface area contributed by atoms with Crippen LogP contribution in [0.25, 0.3) is 16.9 Å². The van der Waals surface area contributed by atoms with Crippen molar-refractivity contribution in [1.82, 2.24) is 15.1 Å². The fraction of sp³-hybridized carbons (Fsp3) is 0.162. The number of carbonyl (C=O) groups is 2. The predicted molar refractivity (Wildman–Crippen MR) is 173 cm³/mol. The van der Waals surface area contributed by atoms with Crippen LogP contribution < -0.4 is 10.1 Å². The van der Waals surface area contributed by atoms with Crippen molar-refractivity contribution < 1.29 is 23.8 Å². The third-order valence-electron chi connectivity index (χ3n) is 7.32. The summed E-state index contributed by atoms with van der Waals surface area (Å²) in [5.74, 6) is -1.30. The highest BCUT2D eigenvalue weighted by atomic mass is 16.5. The van der Waals surface area contributed by atoms with E-state index in [9.17, 15) is 9.59 Å². The number of esters is 2. The second kappa shape index (κ2) is 14.2. The monoisotopic (exact) mass is 601 g/mol. The Balaban J connectivity index is 1.63. The van der Waals surface area contributed by atoms with Gasteiger partial charge in [-0.1, -0.05) is 73.8 Å². The van der Waals surface area contributed by atoms with E-state index in [2.05, 4.69) is 18.5 Å². The van der Waals surface area contributed by atoms with E-state index < -0.39 is 17.9 Å². The maximum absolute atomic E-state index is 13.6. The summed E-state index contributed by atoms with van der Waals surface area (Å²) < 4.78 is 18.8. The highest BCUT2D eigenvalue weighted by molar-refractivity contribution is 6.00. The lowest BCUT2D eigenvalue weighted by Crippen LogP contribution is -2.32. The first kappa shape index (κ1) is 30.8. The largest absolute Gasteiger partial charge is 0.489 e. The summed E-state index contributed by atoms with van der Waals surface area (Å²) in [6.45, 7) is 11.4. The van der Waals surface area contributed by atoms with Gasteiger partial charge in [-0.3, -0.25) is 0 Å². The summed E-state index contributed by atoms with van der Waals surface area (Å²) in [5.41, 5.74) is 5.57. The minimum absolute atomic E-state index is 0.0157. The molecule has 1 N–H and O–H groups in total. The molecule has 5 rings (SSSR count). The van der Waals surface area contributed by atoms with Crippen LogP contribution in [0.5, 0.6) is 5.75 Å². The lowest BCUT2D eigenvalue weighted by atomic mass is 9.79. The van der Waals surface area contributed by atoms with E-state index in [0.29, 0.717) is 35.0 Å². The SMILES string of the molecule is C=CCOC(=O)C1=C(C)NC(C)=C(C(=O)OCC=C)C1c1cn(-c2ccccc2)nc1-c1ccc(OCc2ccccc2)cc1. The van der Waals surface area contributed by atoms with Gasteiger partial charge in [0.25, 0.3) is 0 Å². The Morgan fingerprint density at radius 2 is 1.38 bits per heavy atom. The van der Waals surface area contributed by atoms with Crippen LogP contribution in [0.15, 0.2) is 139 Å². The van der Waals surface area contributed by atoms with Crippen LogP contribution in [-0.2, 0) is 25.7 Å². The molecule has 228 valence electrons. The van der Waals surface area contributed by atoms with Gasteiger partial charge in [-0.05, 0) is 55.8 Å². The third-order valence-corrected chi connectivity index (χ3v) is 7.32. The number of ether oxygens (including phenoxy) is 3. The van der Waals surface area contributed by atoms with Gasteiger partial charge in [0.05, 0.1) is 28.4 Å². The summed E-state index contributed by atoms with van der Waals surface area (Å²) in [6.07, 6.45) is 4.85. The van der Waals surface area contributed by atoms with E-state index in [1.54, 1.807) is 18.5 Å². The van der Waals surface area contributed by atoms with Crippen molar-refractivity contribution in [2.24, 2.45) is 0 Å². The molecule has 0 bridgehead atoms. The van der Waals surface area contributed by atoms with Gasteiger partial charge in [0.2, 0.25) is 0 Å². The molecule has 0 fully saturated rings. The summed E-state index contributed by atoms with van der Waals surface area (Å²) in [6, 6.07) is 27.2. The molecule has 8 heteroatoms. The molecule has 4 aromatic rings. The number of nitrogens with one attached hydrogen (secondary N) is 1. The summed E-state index contributed by atoms with van der Waals surface area (Å²) in [5, 5.41) is 8.17. The van der Waals surface area contributed by atoms with Gasteiger partial charge in [-0.15, -0.1) is 0 Å². The number of para-hydroxylation sites is 1. The molecule has 0 radical (unpaired) electrons. The smallest absolute Gasteiger partial charge is 0.337 e. The lowest BCUT2D eigenvalue weighted by molar-refractivity contribution is -0.138. The topological polar surface area (TPSA) is 91.7 Å². The molecule has 0 atom stereocenters. The maximum atomic E-state index is 13.6. The van der Waals surface area contributed by atoms with Crippen molar-refractivity contribution in [2.75, 3.05) is 13.2 Å². The quantitative estimate of drug-likeness (QED) is 0.141. The zero-order valence-electron chi connectivity index (χ0n) is 25.4. The Labute approximate surface area is 262 Å².